The second-order valence-electron chi connectivity index (χ2n) is 10.3. The molecule has 0 spiro atoms. The van der Waals surface area contributed by atoms with Gasteiger partial charge >= 0.3 is 12.4 Å². The molecule has 0 aromatic carbocycles. The van der Waals surface area contributed by atoms with Gasteiger partial charge in [-0.3, -0.25) is 0 Å². The molecule has 200 valence electrons. The predicted octanol–water partition coefficient (Wildman–Crippen LogP) is 5.13. The Morgan fingerprint density at radius 2 is 0.970 bits per heavy atom. The van der Waals surface area contributed by atoms with Crippen molar-refractivity contribution in [3.05, 3.63) is 0 Å². The third-order valence-corrected chi connectivity index (χ3v) is 5.12. The number of unbranched alkanes of at least 4 members (excludes halogenated alkanes) is 1. The van der Waals surface area contributed by atoms with E-state index in [-0.39, 0.29) is 52.7 Å². The molecule has 0 aliphatic heterocycles. The van der Waals surface area contributed by atoms with Crippen LogP contribution in [-0.2, 0) is 14.2 Å². The van der Waals surface area contributed by atoms with E-state index in [1.54, 1.807) is 13.8 Å². The summed E-state index contributed by atoms with van der Waals surface area (Å²) >= 11 is 0. The van der Waals surface area contributed by atoms with Gasteiger partial charge in [0.2, 0.25) is 0 Å². The van der Waals surface area contributed by atoms with Gasteiger partial charge in [0, 0.05) is 22.7 Å². The first-order valence-corrected chi connectivity index (χ1v) is 11.0. The van der Waals surface area contributed by atoms with Crippen molar-refractivity contribution in [1.29, 1.82) is 0 Å². The maximum atomic E-state index is 12.3. The first-order chi connectivity index (χ1) is 14.9. The molecule has 0 aliphatic carbocycles. The predicted molar refractivity (Wildman–Crippen MR) is 112 cm³/mol. The lowest BCUT2D eigenvalue weighted by molar-refractivity contribution is -0.150. The fraction of sp³-hybridized carbons (Fsp3) is 1.00. The average molecular weight is 499 g/mol. The average Bonchev–Trinajstić information content (AvgIpc) is 2.67. The zero-order valence-electron chi connectivity index (χ0n) is 20.1. The first-order valence-electron chi connectivity index (χ1n) is 11.0. The number of aliphatic hydroxyl groups is 2. The number of halogens is 6. The molecule has 11 heteroatoms. The van der Waals surface area contributed by atoms with E-state index < -0.39 is 48.0 Å². The van der Waals surface area contributed by atoms with E-state index in [2.05, 4.69) is 0 Å². The quantitative estimate of drug-likeness (QED) is 0.203. The van der Waals surface area contributed by atoms with Gasteiger partial charge in [0.05, 0.1) is 59.3 Å². The van der Waals surface area contributed by atoms with Crippen LogP contribution in [0.5, 0.6) is 0 Å². The SMILES string of the molecule is CC(C)(COCC(C)(CO)CCCCC(F)(F)F)COCC(C)(CO)COCCC(F)(F)F. The van der Waals surface area contributed by atoms with Gasteiger partial charge in [0.25, 0.3) is 0 Å². The smallest absolute Gasteiger partial charge is 0.391 e. The van der Waals surface area contributed by atoms with Crippen LogP contribution in [0, 0.1) is 16.2 Å². The largest absolute Gasteiger partial charge is 0.396 e. The highest BCUT2D eigenvalue weighted by molar-refractivity contribution is 4.76. The highest BCUT2D eigenvalue weighted by atomic mass is 19.4. The molecule has 0 amide bonds. The van der Waals surface area contributed by atoms with Gasteiger partial charge in [-0.05, 0) is 12.8 Å². The van der Waals surface area contributed by atoms with Gasteiger partial charge in [0.15, 0.2) is 0 Å². The molecule has 0 heterocycles. The second kappa shape index (κ2) is 14.1. The zero-order valence-corrected chi connectivity index (χ0v) is 20.1. The topological polar surface area (TPSA) is 68.2 Å². The molecule has 0 saturated heterocycles. The lowest BCUT2D eigenvalue weighted by Gasteiger charge is -2.32. The molecular formula is C22H40F6O5. The molecule has 0 aromatic rings. The van der Waals surface area contributed by atoms with Gasteiger partial charge < -0.3 is 24.4 Å². The van der Waals surface area contributed by atoms with Crippen molar-refractivity contribution in [1.82, 2.24) is 0 Å². The van der Waals surface area contributed by atoms with Gasteiger partial charge in [-0.2, -0.15) is 26.3 Å². The Balaban J connectivity index is 4.33. The van der Waals surface area contributed by atoms with E-state index >= 15 is 0 Å². The van der Waals surface area contributed by atoms with Gasteiger partial charge in [-0.25, -0.2) is 0 Å². The molecule has 0 radical (unpaired) electrons. The Hall–Kier alpha value is -0.620. The number of hydrogen-bond acceptors (Lipinski definition) is 5. The van der Waals surface area contributed by atoms with E-state index in [0.29, 0.717) is 12.8 Å². The zero-order chi connectivity index (χ0) is 25.8. The molecule has 33 heavy (non-hydrogen) atoms. The fourth-order valence-corrected chi connectivity index (χ4v) is 2.90. The maximum absolute atomic E-state index is 12.3. The van der Waals surface area contributed by atoms with Gasteiger partial charge in [-0.1, -0.05) is 34.1 Å². The summed E-state index contributed by atoms with van der Waals surface area (Å²) in [7, 11) is 0. The third-order valence-electron chi connectivity index (χ3n) is 5.12. The van der Waals surface area contributed by atoms with E-state index in [1.807, 2.05) is 13.8 Å². The third kappa shape index (κ3) is 17.5. The lowest BCUT2D eigenvalue weighted by atomic mass is 9.86. The van der Waals surface area contributed by atoms with E-state index in [4.69, 9.17) is 14.2 Å². The Kier molecular flexibility index (Phi) is 13.8. The Morgan fingerprint density at radius 1 is 0.545 bits per heavy atom. The molecule has 0 fully saturated rings. The number of ether oxygens (including phenoxy) is 3. The monoisotopic (exact) mass is 498 g/mol. The van der Waals surface area contributed by atoms with Crippen LogP contribution in [0.1, 0.15) is 59.8 Å². The van der Waals surface area contributed by atoms with Crippen LogP contribution in [0.25, 0.3) is 0 Å². The molecule has 2 N–H and O–H groups in total. The number of aliphatic hydroxyl groups excluding tert-OH is 2. The molecular weight excluding hydrogens is 458 g/mol. The van der Waals surface area contributed by atoms with E-state index in [9.17, 15) is 36.6 Å². The Bertz CT molecular complexity index is 482. The summed E-state index contributed by atoms with van der Waals surface area (Å²) in [4.78, 5) is 0. The molecule has 0 aliphatic rings. The van der Waals surface area contributed by atoms with Crippen LogP contribution >= 0.6 is 0 Å². The first kappa shape index (κ1) is 32.4. The van der Waals surface area contributed by atoms with Crippen LogP contribution in [-0.4, -0.2) is 75.4 Å². The van der Waals surface area contributed by atoms with Crippen molar-refractivity contribution in [2.24, 2.45) is 16.2 Å². The number of rotatable bonds is 18. The summed E-state index contributed by atoms with van der Waals surface area (Å²) < 4.78 is 89.8. The number of alkyl halides is 6. The van der Waals surface area contributed by atoms with Crippen molar-refractivity contribution in [3.8, 4) is 0 Å². The van der Waals surface area contributed by atoms with Gasteiger partial charge in [-0.15, -0.1) is 0 Å². The van der Waals surface area contributed by atoms with E-state index in [0.717, 1.165) is 0 Å². The normalized spacial score (nSPS) is 17.1. The highest BCUT2D eigenvalue weighted by Gasteiger charge is 2.31. The maximum Gasteiger partial charge on any atom is 0.391 e. The fourth-order valence-electron chi connectivity index (χ4n) is 2.90. The van der Waals surface area contributed by atoms with Gasteiger partial charge in [0.1, 0.15) is 0 Å². The summed E-state index contributed by atoms with van der Waals surface area (Å²) in [5.74, 6) is 0. The van der Waals surface area contributed by atoms with Crippen LogP contribution < -0.4 is 0 Å². The van der Waals surface area contributed by atoms with Crippen molar-refractivity contribution < 1.29 is 50.8 Å². The lowest BCUT2D eigenvalue weighted by Crippen LogP contribution is -2.36. The Morgan fingerprint density at radius 3 is 1.42 bits per heavy atom. The minimum absolute atomic E-state index is 0.00195. The molecule has 2 unspecified atom stereocenters. The highest BCUT2D eigenvalue weighted by Crippen LogP contribution is 2.29. The van der Waals surface area contributed by atoms with Crippen LogP contribution in [0.4, 0.5) is 26.3 Å². The van der Waals surface area contributed by atoms with Crippen LogP contribution in [0.15, 0.2) is 0 Å². The van der Waals surface area contributed by atoms with Crippen molar-refractivity contribution >= 4 is 0 Å². The summed E-state index contributed by atoms with van der Waals surface area (Å²) in [6.07, 6.45) is -9.66. The number of hydrogen-bond donors (Lipinski definition) is 2. The molecule has 0 aromatic heterocycles. The summed E-state index contributed by atoms with van der Waals surface area (Å²) in [5.41, 5.74) is -1.94. The van der Waals surface area contributed by atoms with E-state index in [1.165, 1.54) is 0 Å². The van der Waals surface area contributed by atoms with Crippen molar-refractivity contribution in [2.75, 3.05) is 52.9 Å². The molecule has 5 nitrogen and oxygen atoms in total. The van der Waals surface area contributed by atoms with Crippen LogP contribution in [0.3, 0.4) is 0 Å². The standard InChI is InChI=1S/C22H40F6O5/c1-18(2,13-32-15-19(3,11-29)7-5-6-8-21(23,24)25)14-33-17-20(4,12-30)16-31-10-9-22(26,27)28/h29-30H,5-17H2,1-4H3. The minimum Gasteiger partial charge on any atom is -0.396 e. The van der Waals surface area contributed by atoms with Crippen molar-refractivity contribution in [3.63, 3.8) is 0 Å². The molecule has 0 rings (SSSR count). The molecule has 0 bridgehead atoms. The van der Waals surface area contributed by atoms with Crippen LogP contribution in [0.2, 0.25) is 0 Å². The summed E-state index contributed by atoms with van der Waals surface area (Å²) in [6, 6.07) is 0. The molecule has 0 saturated carbocycles. The minimum atomic E-state index is -4.30. The molecule has 2 atom stereocenters. The summed E-state index contributed by atoms with van der Waals surface area (Å²) in [5, 5.41) is 19.2. The summed E-state index contributed by atoms with van der Waals surface area (Å²) in [6.45, 7) is 6.83. The Labute approximate surface area is 192 Å². The second-order valence-corrected chi connectivity index (χ2v) is 10.3. The van der Waals surface area contributed by atoms with Crippen molar-refractivity contribution in [2.45, 2.75) is 72.2 Å².